The van der Waals surface area contributed by atoms with Crippen LogP contribution in [0.15, 0.2) is 55.3 Å². The molecule has 0 saturated carbocycles. The van der Waals surface area contributed by atoms with E-state index in [2.05, 4.69) is 11.6 Å². The van der Waals surface area contributed by atoms with Crippen LogP contribution in [0.4, 0.5) is 13.2 Å². The Hall–Kier alpha value is -2.42. The largest absolute Gasteiger partial charge is 1.00 e. The van der Waals surface area contributed by atoms with E-state index < -0.39 is 23.6 Å². The smallest absolute Gasteiger partial charge is 0.167 e. The fourth-order valence-electron chi connectivity index (χ4n) is 6.18. The molecule has 3 aliphatic rings. The van der Waals surface area contributed by atoms with E-state index in [1.165, 1.54) is 0 Å². The van der Waals surface area contributed by atoms with Gasteiger partial charge in [0.15, 0.2) is 11.6 Å². The monoisotopic (exact) mass is 548 g/mol. The quantitative estimate of drug-likeness (QED) is 0.292. The Morgan fingerprint density at radius 3 is 2.77 bits per heavy atom. The van der Waals surface area contributed by atoms with Crippen molar-refractivity contribution in [2.45, 2.75) is 31.5 Å². The molecule has 4 unspecified atom stereocenters. The van der Waals surface area contributed by atoms with E-state index in [0.717, 1.165) is 29.0 Å². The Morgan fingerprint density at radius 1 is 1.23 bits per heavy atom. The van der Waals surface area contributed by atoms with Crippen molar-refractivity contribution in [3.8, 4) is 5.75 Å². The molecule has 3 aliphatic heterocycles. The maximum atomic E-state index is 14.7. The van der Waals surface area contributed by atoms with Crippen LogP contribution in [0.2, 0.25) is 0 Å². The molecule has 4 nitrogen and oxygen atoms in total. The highest BCUT2D eigenvalue weighted by molar-refractivity contribution is 5.83. The van der Waals surface area contributed by atoms with E-state index in [0.29, 0.717) is 41.7 Å². The van der Waals surface area contributed by atoms with E-state index in [1.54, 1.807) is 19.4 Å². The zero-order chi connectivity index (χ0) is 24.0. The van der Waals surface area contributed by atoms with Gasteiger partial charge in [-0.2, -0.15) is 0 Å². The molecule has 3 saturated heterocycles. The third-order valence-electron chi connectivity index (χ3n) is 7.89. The number of halogens is 4. The molecular weight excluding hydrogens is 521 g/mol. The number of benzene rings is 2. The number of fused-ring (bicyclic) bond motifs is 4. The Bertz CT molecular complexity index is 1260. The number of hydrogen-bond donors (Lipinski definition) is 1. The summed E-state index contributed by atoms with van der Waals surface area (Å²) in [5.74, 6) is -1.80. The van der Waals surface area contributed by atoms with Gasteiger partial charge < -0.3 is 31.3 Å². The predicted molar refractivity (Wildman–Crippen MR) is 123 cm³/mol. The Kier molecular flexibility index (Phi) is 7.27. The number of rotatable bonds is 6. The van der Waals surface area contributed by atoms with Crippen LogP contribution in [0.5, 0.6) is 5.75 Å². The topological polar surface area (TPSA) is 42.4 Å². The minimum Gasteiger partial charge on any atom is -1.00 e. The lowest BCUT2D eigenvalue weighted by Crippen LogP contribution is -3.00. The second kappa shape index (κ2) is 9.91. The summed E-state index contributed by atoms with van der Waals surface area (Å²) in [7, 11) is 1.59. The van der Waals surface area contributed by atoms with Crippen molar-refractivity contribution in [1.82, 2.24) is 4.98 Å². The molecule has 6 rings (SSSR count). The maximum Gasteiger partial charge on any atom is 0.167 e. The molecule has 186 valence electrons. The zero-order valence-electron chi connectivity index (χ0n) is 19.4. The van der Waals surface area contributed by atoms with Crippen LogP contribution in [0, 0.1) is 29.3 Å². The van der Waals surface area contributed by atoms with Crippen LogP contribution in [-0.4, -0.2) is 40.8 Å². The van der Waals surface area contributed by atoms with Crippen LogP contribution >= 0.6 is 0 Å². The van der Waals surface area contributed by atoms with E-state index in [9.17, 15) is 18.3 Å². The molecule has 1 N–H and O–H groups in total. The maximum absolute atomic E-state index is 14.7. The SMILES string of the molecule is C=CC1C[N+]2(Cc3cc(F)cc(F)c3F)CCC1C[C@H]2C(O)c1ccnc2ccc(OC)cc12.[Br-]. The molecule has 0 spiro atoms. The molecule has 0 amide bonds. The van der Waals surface area contributed by atoms with Crippen molar-refractivity contribution < 1.29 is 44.5 Å². The summed E-state index contributed by atoms with van der Waals surface area (Å²) in [6.45, 7) is 5.42. The summed E-state index contributed by atoms with van der Waals surface area (Å²) in [5, 5.41) is 12.5. The summed E-state index contributed by atoms with van der Waals surface area (Å²) >= 11 is 0. The Balaban J connectivity index is 0.00000289. The molecule has 35 heavy (non-hydrogen) atoms. The molecule has 3 aromatic rings. The van der Waals surface area contributed by atoms with Gasteiger partial charge in [-0.1, -0.05) is 6.08 Å². The zero-order valence-corrected chi connectivity index (χ0v) is 21.0. The van der Waals surface area contributed by atoms with Crippen LogP contribution < -0.4 is 21.7 Å². The van der Waals surface area contributed by atoms with Crippen molar-refractivity contribution in [3.05, 3.63) is 83.8 Å². The van der Waals surface area contributed by atoms with Crippen LogP contribution in [0.1, 0.15) is 30.1 Å². The van der Waals surface area contributed by atoms with Gasteiger partial charge in [0, 0.05) is 42.0 Å². The van der Waals surface area contributed by atoms with E-state index >= 15 is 0 Å². The molecule has 0 radical (unpaired) electrons. The first-order valence-corrected chi connectivity index (χ1v) is 11.6. The third kappa shape index (κ3) is 4.47. The van der Waals surface area contributed by atoms with Gasteiger partial charge in [0.2, 0.25) is 0 Å². The highest BCUT2D eigenvalue weighted by atomic mass is 79.9. The van der Waals surface area contributed by atoms with Crippen molar-refractivity contribution in [2.24, 2.45) is 11.8 Å². The van der Waals surface area contributed by atoms with Crippen LogP contribution in [-0.2, 0) is 6.54 Å². The first-order valence-electron chi connectivity index (χ1n) is 11.6. The lowest BCUT2D eigenvalue weighted by atomic mass is 9.71. The molecule has 1 aromatic heterocycles. The van der Waals surface area contributed by atoms with Crippen molar-refractivity contribution in [2.75, 3.05) is 20.2 Å². The summed E-state index contributed by atoms with van der Waals surface area (Å²) in [4.78, 5) is 4.42. The van der Waals surface area contributed by atoms with Gasteiger partial charge >= 0.3 is 0 Å². The highest BCUT2D eigenvalue weighted by Gasteiger charge is 2.54. The minimum atomic E-state index is -1.19. The lowest BCUT2D eigenvalue weighted by molar-refractivity contribution is -0.985. The fourth-order valence-corrected chi connectivity index (χ4v) is 6.18. The number of aliphatic hydroxyl groups excluding tert-OH is 1. The molecular formula is C27H28BrF3N2O2. The van der Waals surface area contributed by atoms with Crippen molar-refractivity contribution in [3.63, 3.8) is 0 Å². The predicted octanol–water partition coefficient (Wildman–Crippen LogP) is 2.31. The number of aliphatic hydroxyl groups is 1. The first kappa shape index (κ1) is 25.7. The Labute approximate surface area is 213 Å². The van der Waals surface area contributed by atoms with Gasteiger partial charge in [-0.15, -0.1) is 6.58 Å². The molecule has 0 aliphatic carbocycles. The Morgan fingerprint density at radius 2 is 2.03 bits per heavy atom. The molecule has 8 heteroatoms. The van der Waals surface area contributed by atoms with Gasteiger partial charge in [0.25, 0.3) is 0 Å². The minimum absolute atomic E-state index is 0. The van der Waals surface area contributed by atoms with E-state index in [-0.39, 0.29) is 41.0 Å². The molecule has 2 bridgehead atoms. The fraction of sp³-hybridized carbons (Fsp3) is 0.370. The van der Waals surface area contributed by atoms with Gasteiger partial charge in [0.05, 0.1) is 25.7 Å². The number of quaternary nitrogens is 1. The molecule has 5 atom stereocenters. The average Bonchev–Trinajstić information content (AvgIpc) is 2.85. The lowest BCUT2D eigenvalue weighted by Gasteiger charge is -2.58. The van der Waals surface area contributed by atoms with Crippen LogP contribution in [0.25, 0.3) is 10.9 Å². The second-order valence-electron chi connectivity index (χ2n) is 9.62. The summed E-state index contributed by atoms with van der Waals surface area (Å²) in [6.07, 6.45) is 4.33. The number of aromatic nitrogens is 1. The third-order valence-corrected chi connectivity index (χ3v) is 7.89. The van der Waals surface area contributed by atoms with Gasteiger partial charge in [0.1, 0.15) is 30.3 Å². The summed E-state index contributed by atoms with van der Waals surface area (Å²) in [6, 6.07) is 8.71. The second-order valence-corrected chi connectivity index (χ2v) is 9.62. The van der Waals surface area contributed by atoms with Crippen LogP contribution in [0.3, 0.4) is 0 Å². The average molecular weight is 549 g/mol. The van der Waals surface area contributed by atoms with Crippen molar-refractivity contribution in [1.29, 1.82) is 0 Å². The number of pyridine rings is 1. The molecule has 2 aromatic carbocycles. The summed E-state index contributed by atoms with van der Waals surface area (Å²) < 4.78 is 48.5. The van der Waals surface area contributed by atoms with Gasteiger partial charge in [-0.25, -0.2) is 13.2 Å². The number of piperidine rings is 3. The van der Waals surface area contributed by atoms with Gasteiger partial charge in [-0.3, -0.25) is 4.98 Å². The normalized spacial score (nSPS) is 26.3. The number of hydrogen-bond acceptors (Lipinski definition) is 3. The highest BCUT2D eigenvalue weighted by Crippen LogP contribution is 2.48. The number of methoxy groups -OCH3 is 1. The molecule has 4 heterocycles. The number of ether oxygens (including phenoxy) is 1. The standard InChI is InChI=1S/C27H28F3N2O2.BrH/c1-3-16-14-32(15-18-10-19(28)12-23(29)26(18)30)9-7-17(16)11-25(32)27(33)21-6-8-31-24-5-4-20(34-2)13-22(21)24;/h3-6,8,10,12-13,16-17,25,27,33H,1,7,9,11,14-15H2,2H3;1H/q+1;/p-1/t16?,17?,25-,27?,32?;/m0./s1. The van der Waals surface area contributed by atoms with Gasteiger partial charge in [-0.05, 0) is 41.8 Å². The molecule has 3 fully saturated rings. The summed E-state index contributed by atoms with van der Waals surface area (Å²) in [5.41, 5.74) is 1.46. The van der Waals surface area contributed by atoms with E-state index in [1.807, 2.05) is 24.3 Å². The van der Waals surface area contributed by atoms with E-state index in [4.69, 9.17) is 4.74 Å². The first-order chi connectivity index (χ1) is 16.3. The number of nitrogens with zero attached hydrogens (tertiary/aromatic N) is 2. The van der Waals surface area contributed by atoms with Crippen molar-refractivity contribution >= 4 is 10.9 Å².